The molecule has 112 valence electrons. The maximum absolute atomic E-state index is 9.12. The van der Waals surface area contributed by atoms with Crippen LogP contribution in [0.1, 0.15) is 12.6 Å². The number of thioether (sulfide) groups is 1. The molecule has 0 aromatic carbocycles. The summed E-state index contributed by atoms with van der Waals surface area (Å²) in [5.74, 6) is 1.17. The maximum Gasteiger partial charge on any atom is 0.194 e. The van der Waals surface area contributed by atoms with Crippen LogP contribution in [0.3, 0.4) is 0 Å². The normalized spacial score (nSPS) is 13.2. The molecule has 0 spiro atoms. The van der Waals surface area contributed by atoms with Crippen LogP contribution >= 0.6 is 23.1 Å². The third-order valence-corrected chi connectivity index (χ3v) is 5.01. The molecule has 1 atom stereocenters. The van der Waals surface area contributed by atoms with Gasteiger partial charge in [0.05, 0.1) is 12.3 Å². The fourth-order valence-electron chi connectivity index (χ4n) is 1.74. The Labute approximate surface area is 127 Å². The third-order valence-electron chi connectivity index (χ3n) is 2.92. The molecule has 0 bridgehead atoms. The first-order valence-electron chi connectivity index (χ1n) is 6.64. The molecule has 0 aliphatic rings. The molecule has 0 amide bonds. The first kappa shape index (κ1) is 15.8. The first-order valence-corrected chi connectivity index (χ1v) is 8.50. The van der Waals surface area contributed by atoms with Crippen LogP contribution in [0, 0.1) is 5.92 Å². The van der Waals surface area contributed by atoms with E-state index in [2.05, 4.69) is 20.9 Å². The van der Waals surface area contributed by atoms with Crippen molar-refractivity contribution in [2.45, 2.75) is 18.5 Å². The summed E-state index contributed by atoms with van der Waals surface area (Å²) in [6, 6.07) is 0. The lowest BCUT2D eigenvalue weighted by Gasteiger charge is -2.08. The lowest BCUT2D eigenvalue weighted by atomic mass is 10.2. The van der Waals surface area contributed by atoms with E-state index in [0.29, 0.717) is 6.61 Å². The van der Waals surface area contributed by atoms with Crippen molar-refractivity contribution in [2.75, 3.05) is 32.6 Å². The molecule has 2 heterocycles. The van der Waals surface area contributed by atoms with Crippen molar-refractivity contribution in [2.24, 2.45) is 5.92 Å². The SMILES string of the molecule is COCCNCc1c(SCC(C)CO)nc2sccn12. The van der Waals surface area contributed by atoms with E-state index in [4.69, 9.17) is 9.84 Å². The standard InChI is InChI=1S/C13H21N3O2S2/c1-10(8-17)9-20-12-11(7-14-3-5-18-2)16-4-6-19-13(16)15-12/h4,6,10,14,17H,3,5,7-9H2,1-2H3. The number of ether oxygens (including phenoxy) is 1. The number of hydrogen-bond donors (Lipinski definition) is 2. The van der Waals surface area contributed by atoms with Gasteiger partial charge in [-0.2, -0.15) is 0 Å². The van der Waals surface area contributed by atoms with E-state index in [1.807, 2.05) is 12.3 Å². The highest BCUT2D eigenvalue weighted by Gasteiger charge is 2.14. The molecular formula is C13H21N3O2S2. The number of thiazole rings is 1. The molecule has 1 unspecified atom stereocenters. The summed E-state index contributed by atoms with van der Waals surface area (Å²) < 4.78 is 7.18. The number of imidazole rings is 1. The van der Waals surface area contributed by atoms with Gasteiger partial charge in [-0.3, -0.25) is 4.40 Å². The molecule has 20 heavy (non-hydrogen) atoms. The predicted octanol–water partition coefficient (Wildman–Crippen LogP) is 1.85. The van der Waals surface area contributed by atoms with Gasteiger partial charge in [-0.05, 0) is 5.92 Å². The highest BCUT2D eigenvalue weighted by molar-refractivity contribution is 7.99. The van der Waals surface area contributed by atoms with E-state index in [1.165, 1.54) is 5.69 Å². The summed E-state index contributed by atoms with van der Waals surface area (Å²) in [4.78, 5) is 5.69. The van der Waals surface area contributed by atoms with Gasteiger partial charge in [-0.25, -0.2) is 4.98 Å². The summed E-state index contributed by atoms with van der Waals surface area (Å²) in [7, 11) is 1.70. The van der Waals surface area contributed by atoms with Gasteiger partial charge in [0, 0.05) is 44.1 Å². The lowest BCUT2D eigenvalue weighted by Crippen LogP contribution is -2.19. The lowest BCUT2D eigenvalue weighted by molar-refractivity contribution is 0.199. The van der Waals surface area contributed by atoms with E-state index in [-0.39, 0.29) is 12.5 Å². The number of nitrogens with zero attached hydrogens (tertiary/aromatic N) is 2. The van der Waals surface area contributed by atoms with Gasteiger partial charge in [-0.15, -0.1) is 23.1 Å². The van der Waals surface area contributed by atoms with Gasteiger partial charge < -0.3 is 15.2 Å². The Morgan fingerprint density at radius 1 is 1.60 bits per heavy atom. The molecule has 2 rings (SSSR count). The Hall–Kier alpha value is -0.600. The fraction of sp³-hybridized carbons (Fsp3) is 0.615. The smallest absolute Gasteiger partial charge is 0.194 e. The number of rotatable bonds is 9. The Kier molecular flexibility index (Phi) is 6.31. The van der Waals surface area contributed by atoms with Crippen molar-refractivity contribution in [1.82, 2.24) is 14.7 Å². The van der Waals surface area contributed by atoms with Crippen LogP contribution in [-0.4, -0.2) is 47.1 Å². The number of hydrogen-bond acceptors (Lipinski definition) is 6. The zero-order chi connectivity index (χ0) is 14.4. The van der Waals surface area contributed by atoms with Crippen LogP contribution in [-0.2, 0) is 11.3 Å². The fourth-order valence-corrected chi connectivity index (χ4v) is 3.57. The van der Waals surface area contributed by atoms with Crippen LogP contribution in [0.5, 0.6) is 0 Å². The zero-order valence-electron chi connectivity index (χ0n) is 11.8. The van der Waals surface area contributed by atoms with Gasteiger partial charge in [0.25, 0.3) is 0 Å². The van der Waals surface area contributed by atoms with Gasteiger partial charge >= 0.3 is 0 Å². The summed E-state index contributed by atoms with van der Waals surface area (Å²) in [5, 5.41) is 15.6. The number of aliphatic hydroxyl groups is 1. The second-order valence-corrected chi connectivity index (χ2v) is 6.57. The summed E-state index contributed by atoms with van der Waals surface area (Å²) >= 11 is 3.36. The molecule has 2 aromatic rings. The highest BCUT2D eigenvalue weighted by atomic mass is 32.2. The van der Waals surface area contributed by atoms with E-state index in [0.717, 1.165) is 28.8 Å². The molecule has 7 heteroatoms. The van der Waals surface area contributed by atoms with Gasteiger partial charge in [-0.1, -0.05) is 6.92 Å². The molecule has 0 aliphatic carbocycles. The molecule has 2 N–H and O–H groups in total. The van der Waals surface area contributed by atoms with E-state index < -0.39 is 0 Å². The predicted molar refractivity (Wildman–Crippen MR) is 83.6 cm³/mol. The Morgan fingerprint density at radius 2 is 2.45 bits per heavy atom. The minimum atomic E-state index is 0.219. The van der Waals surface area contributed by atoms with Crippen LogP contribution in [0.4, 0.5) is 0 Å². The van der Waals surface area contributed by atoms with E-state index in [9.17, 15) is 0 Å². The Morgan fingerprint density at radius 3 is 3.20 bits per heavy atom. The van der Waals surface area contributed by atoms with Crippen molar-refractivity contribution in [1.29, 1.82) is 0 Å². The molecule has 2 aromatic heterocycles. The second kappa shape index (κ2) is 7.99. The van der Waals surface area contributed by atoms with Crippen molar-refractivity contribution < 1.29 is 9.84 Å². The van der Waals surface area contributed by atoms with Crippen molar-refractivity contribution in [3.8, 4) is 0 Å². The largest absolute Gasteiger partial charge is 0.396 e. The molecule has 0 fully saturated rings. The third kappa shape index (κ3) is 3.95. The molecule has 0 aliphatic heterocycles. The van der Waals surface area contributed by atoms with Crippen molar-refractivity contribution in [3.63, 3.8) is 0 Å². The van der Waals surface area contributed by atoms with Gasteiger partial charge in [0.15, 0.2) is 4.96 Å². The van der Waals surface area contributed by atoms with Crippen LogP contribution in [0.2, 0.25) is 0 Å². The number of nitrogens with one attached hydrogen (secondary N) is 1. The van der Waals surface area contributed by atoms with E-state index >= 15 is 0 Å². The quantitative estimate of drug-likeness (QED) is 0.546. The molecule has 0 saturated carbocycles. The van der Waals surface area contributed by atoms with Crippen molar-refractivity contribution >= 4 is 28.1 Å². The van der Waals surface area contributed by atoms with Gasteiger partial charge in [0.2, 0.25) is 0 Å². The molecular weight excluding hydrogens is 294 g/mol. The number of aliphatic hydroxyl groups excluding tert-OH is 1. The average molecular weight is 315 g/mol. The Bertz CT molecular complexity index is 527. The minimum absolute atomic E-state index is 0.219. The summed E-state index contributed by atoms with van der Waals surface area (Å²) in [6.07, 6.45) is 2.06. The van der Waals surface area contributed by atoms with Crippen LogP contribution in [0.25, 0.3) is 4.96 Å². The molecule has 0 saturated heterocycles. The highest BCUT2D eigenvalue weighted by Crippen LogP contribution is 2.27. The first-order chi connectivity index (χ1) is 9.76. The van der Waals surface area contributed by atoms with Crippen LogP contribution in [0.15, 0.2) is 16.6 Å². The maximum atomic E-state index is 9.12. The average Bonchev–Trinajstić information content (AvgIpc) is 3.02. The number of aromatic nitrogens is 2. The number of methoxy groups -OCH3 is 1. The summed E-state index contributed by atoms with van der Waals surface area (Å²) in [6.45, 7) is 4.57. The van der Waals surface area contributed by atoms with Crippen molar-refractivity contribution in [3.05, 3.63) is 17.3 Å². The molecule has 0 radical (unpaired) electrons. The molecule has 5 nitrogen and oxygen atoms in total. The second-order valence-electron chi connectivity index (χ2n) is 4.69. The summed E-state index contributed by atoms with van der Waals surface area (Å²) in [5.41, 5.74) is 1.19. The topological polar surface area (TPSA) is 58.8 Å². The zero-order valence-corrected chi connectivity index (χ0v) is 13.5. The van der Waals surface area contributed by atoms with Crippen LogP contribution < -0.4 is 5.32 Å². The van der Waals surface area contributed by atoms with Gasteiger partial charge in [0.1, 0.15) is 5.03 Å². The minimum Gasteiger partial charge on any atom is -0.396 e. The number of fused-ring (bicyclic) bond motifs is 1. The monoisotopic (exact) mass is 315 g/mol. The Balaban J connectivity index is 2.05. The van der Waals surface area contributed by atoms with E-state index in [1.54, 1.807) is 30.2 Å².